The van der Waals surface area contributed by atoms with E-state index < -0.39 is 45.9 Å². The molecular weight excluding hydrogens is 367 g/mol. The number of Topliss-reactive ketones (excluding diaryl/α,β-unsaturated/α-hetero) is 1. The van der Waals surface area contributed by atoms with Crippen molar-refractivity contribution in [3.8, 4) is 11.5 Å². The molecule has 0 saturated heterocycles. The minimum Gasteiger partial charge on any atom is -0.506 e. The molecule has 0 aromatic heterocycles. The van der Waals surface area contributed by atoms with Crippen molar-refractivity contribution in [1.29, 1.82) is 0 Å². The summed E-state index contributed by atoms with van der Waals surface area (Å²) in [5.74, 6) is -2.10. The number of aromatic hydroxyl groups is 1. The molecule has 0 amide bonds. The average molecular weight is 386 g/mol. The van der Waals surface area contributed by atoms with Gasteiger partial charge in [-0.05, 0) is 37.4 Å². The summed E-state index contributed by atoms with van der Waals surface area (Å²) in [7, 11) is -4.51. The first-order valence-electron chi connectivity index (χ1n) is 7.56. The second-order valence-electron chi connectivity index (χ2n) is 5.85. The van der Waals surface area contributed by atoms with Crippen molar-refractivity contribution in [2.24, 2.45) is 5.14 Å². The lowest BCUT2D eigenvalue weighted by molar-refractivity contribution is -0.115. The first-order valence-corrected chi connectivity index (χ1v) is 9.07. The Morgan fingerprint density at radius 3 is 2.58 bits per heavy atom. The minimum absolute atomic E-state index is 0.0221. The molecule has 0 heterocycles. The van der Waals surface area contributed by atoms with Gasteiger partial charge in [0, 0.05) is 5.39 Å². The zero-order chi connectivity index (χ0) is 19.6. The Morgan fingerprint density at radius 1 is 1.38 bits per heavy atom. The van der Waals surface area contributed by atoms with Crippen LogP contribution in [0.2, 0.25) is 0 Å². The van der Waals surface area contributed by atoms with Gasteiger partial charge in [0.1, 0.15) is 29.6 Å². The number of aliphatic hydroxyl groups excluding tert-OH is 1. The van der Waals surface area contributed by atoms with Gasteiger partial charge in [0.2, 0.25) is 0 Å². The Labute approximate surface area is 149 Å². The molecule has 0 saturated carbocycles. The predicted octanol–water partition coefficient (Wildman–Crippen LogP) is 1.04. The van der Waals surface area contributed by atoms with Crippen LogP contribution in [0.15, 0.2) is 24.3 Å². The number of ether oxygens (including phenoxy) is 1. The average Bonchev–Trinajstić information content (AvgIpc) is 2.51. The number of carbonyl (C=O) groups excluding carboxylic acids is 1. The van der Waals surface area contributed by atoms with Crippen LogP contribution in [0.4, 0.5) is 10.1 Å². The Bertz CT molecular complexity index is 945. The number of phenolic OH excluding ortho intramolecular Hbond substituents is 1. The highest BCUT2D eigenvalue weighted by atomic mass is 32.2. The molecule has 0 spiro atoms. The van der Waals surface area contributed by atoms with Gasteiger partial charge in [0.25, 0.3) is 10.2 Å². The largest absolute Gasteiger partial charge is 0.506 e. The summed E-state index contributed by atoms with van der Waals surface area (Å²) >= 11 is 0. The summed E-state index contributed by atoms with van der Waals surface area (Å²) in [5, 5.41) is 24.7. The highest BCUT2D eigenvalue weighted by Gasteiger charge is 2.27. The summed E-state index contributed by atoms with van der Waals surface area (Å²) in [6, 6.07) is 5.43. The summed E-state index contributed by atoms with van der Waals surface area (Å²) in [6.45, 7) is 1.87. The van der Waals surface area contributed by atoms with E-state index in [-0.39, 0.29) is 23.1 Å². The second-order valence-corrected chi connectivity index (χ2v) is 7.33. The number of hydrogen-bond donors (Lipinski definition) is 3. The zero-order valence-corrected chi connectivity index (χ0v) is 15.0. The van der Waals surface area contributed by atoms with E-state index in [1.807, 2.05) is 0 Å². The molecule has 2 rings (SSSR count). The molecule has 1 atom stereocenters. The molecule has 26 heavy (non-hydrogen) atoms. The van der Waals surface area contributed by atoms with E-state index in [1.165, 1.54) is 25.1 Å². The number of nitrogens with zero attached hydrogens (tertiary/aromatic N) is 1. The lowest BCUT2D eigenvalue weighted by Crippen LogP contribution is -2.40. The molecule has 0 aliphatic rings. The van der Waals surface area contributed by atoms with Crippen LogP contribution < -0.4 is 14.2 Å². The summed E-state index contributed by atoms with van der Waals surface area (Å²) in [4.78, 5) is 11.4. The van der Waals surface area contributed by atoms with Gasteiger partial charge in [0.05, 0.1) is 12.6 Å². The van der Waals surface area contributed by atoms with E-state index >= 15 is 4.39 Å². The number of nitrogens with two attached hydrogens (primary N) is 1. The number of fused-ring (bicyclic) bond motifs is 1. The van der Waals surface area contributed by atoms with Gasteiger partial charge in [-0.3, -0.25) is 4.79 Å². The lowest BCUT2D eigenvalue weighted by Gasteiger charge is -2.23. The normalized spacial score (nSPS) is 12.8. The third-order valence-corrected chi connectivity index (χ3v) is 4.34. The molecular formula is C16H19FN2O6S. The van der Waals surface area contributed by atoms with Crippen LogP contribution in [-0.4, -0.2) is 43.7 Å². The molecule has 0 aliphatic carbocycles. The SMILES string of the molecule is CC(=O)CN(c1c(O)cc2ccc(OCC(C)O)cc2c1F)S(N)(=O)=O. The molecule has 0 aliphatic heterocycles. The minimum atomic E-state index is -4.51. The maximum absolute atomic E-state index is 15.0. The molecule has 0 fully saturated rings. The first kappa shape index (κ1) is 19.9. The summed E-state index contributed by atoms with van der Waals surface area (Å²) in [6.07, 6.45) is -0.737. The van der Waals surface area contributed by atoms with Crippen LogP contribution >= 0.6 is 0 Å². The van der Waals surface area contributed by atoms with Gasteiger partial charge in [-0.1, -0.05) is 6.07 Å². The van der Waals surface area contributed by atoms with Crippen LogP contribution in [-0.2, 0) is 15.0 Å². The lowest BCUT2D eigenvalue weighted by atomic mass is 10.1. The van der Waals surface area contributed by atoms with Crippen molar-refractivity contribution in [1.82, 2.24) is 0 Å². The standard InChI is InChI=1S/C16H19FN2O6S/c1-9(20)7-19(26(18,23)24)16-14(22)5-11-3-4-12(25-8-10(2)21)6-13(11)15(16)17/h3-6,10,21-22H,7-8H2,1-2H3,(H2,18,23,24). The van der Waals surface area contributed by atoms with Crippen molar-refractivity contribution in [3.05, 3.63) is 30.1 Å². The number of ketones is 1. The third kappa shape index (κ3) is 4.40. The van der Waals surface area contributed by atoms with E-state index in [1.54, 1.807) is 0 Å². The molecule has 2 aromatic rings. The van der Waals surface area contributed by atoms with E-state index in [0.29, 0.717) is 4.31 Å². The number of anilines is 1. The Hall–Kier alpha value is -2.43. The molecule has 8 nitrogen and oxygen atoms in total. The molecule has 142 valence electrons. The smallest absolute Gasteiger partial charge is 0.299 e. The first-order chi connectivity index (χ1) is 12.0. The van der Waals surface area contributed by atoms with Crippen molar-refractivity contribution >= 4 is 32.5 Å². The molecule has 0 bridgehead atoms. The fourth-order valence-corrected chi connectivity index (χ4v) is 3.14. The van der Waals surface area contributed by atoms with Crippen molar-refractivity contribution in [2.45, 2.75) is 20.0 Å². The van der Waals surface area contributed by atoms with Crippen LogP contribution in [0.25, 0.3) is 10.8 Å². The van der Waals surface area contributed by atoms with E-state index in [2.05, 4.69) is 0 Å². The van der Waals surface area contributed by atoms with Gasteiger partial charge in [0.15, 0.2) is 5.82 Å². The fourth-order valence-electron chi connectivity index (χ4n) is 2.35. The Kier molecular flexibility index (Phi) is 5.69. The maximum atomic E-state index is 15.0. The van der Waals surface area contributed by atoms with Gasteiger partial charge in [-0.2, -0.15) is 8.42 Å². The number of aliphatic hydroxyl groups is 1. The zero-order valence-electron chi connectivity index (χ0n) is 14.1. The highest BCUT2D eigenvalue weighted by molar-refractivity contribution is 7.90. The fraction of sp³-hybridized carbons (Fsp3) is 0.312. The number of carbonyl (C=O) groups is 1. The third-order valence-electron chi connectivity index (χ3n) is 3.42. The van der Waals surface area contributed by atoms with Crippen LogP contribution in [0, 0.1) is 5.82 Å². The monoisotopic (exact) mass is 386 g/mol. The van der Waals surface area contributed by atoms with Crippen LogP contribution in [0.5, 0.6) is 11.5 Å². The Balaban J connectivity index is 2.63. The second kappa shape index (κ2) is 7.44. The Morgan fingerprint density at radius 2 is 2.04 bits per heavy atom. The van der Waals surface area contributed by atoms with Crippen molar-refractivity contribution in [3.63, 3.8) is 0 Å². The topological polar surface area (TPSA) is 130 Å². The van der Waals surface area contributed by atoms with Crippen molar-refractivity contribution in [2.75, 3.05) is 17.5 Å². The molecule has 4 N–H and O–H groups in total. The number of rotatable bonds is 7. The molecule has 2 aromatic carbocycles. The highest BCUT2D eigenvalue weighted by Crippen LogP contribution is 2.38. The quantitative estimate of drug-likeness (QED) is 0.652. The van der Waals surface area contributed by atoms with E-state index in [4.69, 9.17) is 9.88 Å². The van der Waals surface area contributed by atoms with E-state index in [9.17, 15) is 23.4 Å². The number of hydrogen-bond acceptors (Lipinski definition) is 6. The van der Waals surface area contributed by atoms with Gasteiger partial charge < -0.3 is 14.9 Å². The van der Waals surface area contributed by atoms with Gasteiger partial charge >= 0.3 is 0 Å². The van der Waals surface area contributed by atoms with Crippen molar-refractivity contribution < 1.29 is 32.6 Å². The van der Waals surface area contributed by atoms with Crippen LogP contribution in [0.3, 0.4) is 0 Å². The predicted molar refractivity (Wildman–Crippen MR) is 93.9 cm³/mol. The molecule has 1 unspecified atom stereocenters. The number of phenols is 1. The molecule has 0 radical (unpaired) electrons. The van der Waals surface area contributed by atoms with Crippen LogP contribution in [0.1, 0.15) is 13.8 Å². The van der Waals surface area contributed by atoms with Gasteiger partial charge in [-0.15, -0.1) is 0 Å². The maximum Gasteiger partial charge on any atom is 0.299 e. The van der Waals surface area contributed by atoms with Gasteiger partial charge in [-0.25, -0.2) is 13.8 Å². The number of halogens is 1. The molecule has 10 heteroatoms. The van der Waals surface area contributed by atoms with E-state index in [0.717, 1.165) is 13.0 Å². The number of benzene rings is 2. The summed E-state index contributed by atoms with van der Waals surface area (Å²) in [5.41, 5.74) is -0.720. The summed E-state index contributed by atoms with van der Waals surface area (Å²) < 4.78 is 44.2.